The second kappa shape index (κ2) is 2.67. The van der Waals surface area contributed by atoms with Gasteiger partial charge in [0.15, 0.2) is 4.77 Å². The molecule has 58 valence electrons. The Bertz CT molecular complexity index is 390. The Balaban J connectivity index is 3.43. The largest absolute Gasteiger partial charge is 0.383 e. The van der Waals surface area contributed by atoms with Crippen molar-refractivity contribution in [3.05, 3.63) is 26.9 Å². The molecule has 0 bridgehead atoms. The Morgan fingerprint density at radius 3 is 2.82 bits per heavy atom. The molecule has 0 fully saturated rings. The molecule has 0 saturated heterocycles. The summed E-state index contributed by atoms with van der Waals surface area (Å²) in [5.41, 5.74) is 4.73. The third-order valence-corrected chi connectivity index (χ3v) is 1.33. The summed E-state index contributed by atoms with van der Waals surface area (Å²) in [5, 5.41) is 6.95. The molecule has 1 heterocycles. The molecule has 0 aliphatic carbocycles. The van der Waals surface area contributed by atoms with E-state index in [0.29, 0.717) is 0 Å². The molecular formula is C5H6N4OS. The molecule has 5 N–H and O–H groups in total. The molecule has 0 saturated carbocycles. The Kier molecular flexibility index (Phi) is 1.86. The van der Waals surface area contributed by atoms with Gasteiger partial charge in [0.2, 0.25) is 0 Å². The molecule has 0 unspecified atom stereocenters. The zero-order valence-corrected chi connectivity index (χ0v) is 6.29. The monoisotopic (exact) mass is 170 g/mol. The maximum absolute atomic E-state index is 10.9. The molecule has 1 aromatic heterocycles. The van der Waals surface area contributed by atoms with Gasteiger partial charge in [-0.1, -0.05) is 0 Å². The van der Waals surface area contributed by atoms with Crippen LogP contribution in [0.3, 0.4) is 0 Å². The Labute approximate surface area is 66.8 Å². The lowest BCUT2D eigenvalue weighted by Crippen LogP contribution is -2.23. The normalized spacial score (nSPS) is 9.45. The van der Waals surface area contributed by atoms with Crippen molar-refractivity contribution in [3.8, 4) is 0 Å². The van der Waals surface area contributed by atoms with Gasteiger partial charge in [-0.15, -0.1) is 0 Å². The van der Waals surface area contributed by atoms with E-state index < -0.39 is 5.56 Å². The van der Waals surface area contributed by atoms with E-state index in [4.69, 9.17) is 11.1 Å². The van der Waals surface area contributed by atoms with Crippen LogP contribution in [0.5, 0.6) is 0 Å². The van der Waals surface area contributed by atoms with Crippen molar-refractivity contribution >= 4 is 18.1 Å². The number of rotatable bonds is 1. The van der Waals surface area contributed by atoms with Gasteiger partial charge in [0.05, 0.1) is 5.56 Å². The summed E-state index contributed by atoms with van der Waals surface area (Å²) < 4.78 is 0.222. The molecule has 0 aliphatic heterocycles. The van der Waals surface area contributed by atoms with E-state index in [1.54, 1.807) is 0 Å². The molecule has 6 heteroatoms. The predicted molar refractivity (Wildman–Crippen MR) is 43.3 cm³/mol. The van der Waals surface area contributed by atoms with Crippen LogP contribution in [-0.2, 0) is 0 Å². The van der Waals surface area contributed by atoms with E-state index in [1.165, 1.54) is 6.20 Å². The predicted octanol–water partition coefficient (Wildman–Crippen LogP) is -0.283. The third kappa shape index (κ3) is 1.53. The number of amidine groups is 1. The van der Waals surface area contributed by atoms with E-state index in [9.17, 15) is 4.79 Å². The van der Waals surface area contributed by atoms with Crippen molar-refractivity contribution in [1.29, 1.82) is 5.41 Å². The summed E-state index contributed by atoms with van der Waals surface area (Å²) in [7, 11) is 0. The lowest BCUT2D eigenvalue weighted by molar-refractivity contribution is 1.07. The van der Waals surface area contributed by atoms with Crippen LogP contribution in [0.25, 0.3) is 0 Å². The summed E-state index contributed by atoms with van der Waals surface area (Å²) in [4.78, 5) is 15.8. The summed E-state index contributed by atoms with van der Waals surface area (Å²) in [5.74, 6) is -0.280. The molecule has 11 heavy (non-hydrogen) atoms. The molecule has 0 amide bonds. The van der Waals surface area contributed by atoms with Gasteiger partial charge < -0.3 is 10.7 Å². The van der Waals surface area contributed by atoms with E-state index >= 15 is 0 Å². The highest BCUT2D eigenvalue weighted by Gasteiger charge is 2.00. The van der Waals surface area contributed by atoms with Gasteiger partial charge in [0.25, 0.3) is 5.56 Å². The fourth-order valence-corrected chi connectivity index (χ4v) is 0.761. The second-order valence-electron chi connectivity index (χ2n) is 1.90. The summed E-state index contributed by atoms with van der Waals surface area (Å²) in [6.45, 7) is 0. The minimum absolute atomic E-state index is 0.0959. The molecule has 0 atom stereocenters. The second-order valence-corrected chi connectivity index (χ2v) is 2.31. The quantitative estimate of drug-likeness (QED) is 0.265. The van der Waals surface area contributed by atoms with Crippen molar-refractivity contribution in [3.63, 3.8) is 0 Å². The van der Waals surface area contributed by atoms with Gasteiger partial charge in [-0.2, -0.15) is 0 Å². The maximum Gasteiger partial charge on any atom is 0.262 e. The number of nitrogens with one attached hydrogen (secondary N) is 3. The molecule has 5 nitrogen and oxygen atoms in total. The Hall–Kier alpha value is -1.43. The third-order valence-electron chi connectivity index (χ3n) is 1.11. The average Bonchev–Trinajstić information content (AvgIpc) is 1.85. The highest BCUT2D eigenvalue weighted by atomic mass is 32.1. The Morgan fingerprint density at radius 2 is 2.36 bits per heavy atom. The van der Waals surface area contributed by atoms with Crippen LogP contribution in [0.2, 0.25) is 0 Å². The van der Waals surface area contributed by atoms with Crippen molar-refractivity contribution < 1.29 is 0 Å². The fourth-order valence-electron chi connectivity index (χ4n) is 0.610. The van der Waals surface area contributed by atoms with Gasteiger partial charge in [0.1, 0.15) is 5.84 Å². The minimum atomic E-state index is -0.443. The lowest BCUT2D eigenvalue weighted by Gasteiger charge is -1.93. The first-order chi connectivity index (χ1) is 5.11. The first kappa shape index (κ1) is 7.67. The van der Waals surface area contributed by atoms with Gasteiger partial charge in [0, 0.05) is 6.20 Å². The standard InChI is InChI=1S/C5H6N4OS/c6-3(7)2-1-8-5(11)9-4(2)10/h1H,(H3,6,7)(H2,8,9,10,11). The average molecular weight is 170 g/mol. The van der Waals surface area contributed by atoms with Crippen LogP contribution < -0.4 is 11.3 Å². The number of hydrogen-bond donors (Lipinski definition) is 4. The van der Waals surface area contributed by atoms with Gasteiger partial charge >= 0.3 is 0 Å². The van der Waals surface area contributed by atoms with Crippen LogP contribution in [0.15, 0.2) is 11.0 Å². The van der Waals surface area contributed by atoms with Crippen LogP contribution >= 0.6 is 12.2 Å². The van der Waals surface area contributed by atoms with Crippen LogP contribution in [0.4, 0.5) is 0 Å². The van der Waals surface area contributed by atoms with Crippen molar-refractivity contribution in [1.82, 2.24) is 9.97 Å². The number of hydrogen-bond acceptors (Lipinski definition) is 3. The number of H-pyrrole nitrogens is 2. The number of nitrogen functional groups attached to an aromatic ring is 1. The van der Waals surface area contributed by atoms with Crippen molar-refractivity contribution in [2.75, 3.05) is 0 Å². The van der Waals surface area contributed by atoms with Crippen LogP contribution in [0.1, 0.15) is 5.56 Å². The topological polar surface area (TPSA) is 98.5 Å². The van der Waals surface area contributed by atoms with E-state index in [1.807, 2.05) is 0 Å². The first-order valence-corrected chi connectivity index (χ1v) is 3.18. The van der Waals surface area contributed by atoms with Crippen LogP contribution in [-0.4, -0.2) is 15.8 Å². The summed E-state index contributed by atoms with van der Waals surface area (Å²) in [6.07, 6.45) is 1.31. The molecule has 0 aromatic carbocycles. The number of nitrogens with two attached hydrogens (primary N) is 1. The van der Waals surface area contributed by atoms with Crippen molar-refractivity contribution in [2.24, 2.45) is 5.73 Å². The first-order valence-electron chi connectivity index (χ1n) is 2.77. The van der Waals surface area contributed by atoms with Crippen molar-refractivity contribution in [2.45, 2.75) is 0 Å². The molecular weight excluding hydrogens is 164 g/mol. The lowest BCUT2D eigenvalue weighted by atomic mass is 10.3. The number of aromatic amines is 2. The SMILES string of the molecule is N=C(N)c1c[nH]c(=S)[nH]c1=O. The molecule has 1 rings (SSSR count). The Morgan fingerprint density at radius 1 is 1.73 bits per heavy atom. The molecule has 0 aliphatic rings. The van der Waals surface area contributed by atoms with Crippen LogP contribution in [0, 0.1) is 10.2 Å². The van der Waals surface area contributed by atoms with Gasteiger partial charge in [-0.05, 0) is 12.2 Å². The summed E-state index contributed by atoms with van der Waals surface area (Å²) in [6, 6.07) is 0. The molecule has 0 radical (unpaired) electrons. The summed E-state index contributed by atoms with van der Waals surface area (Å²) >= 11 is 4.62. The fraction of sp³-hybridized carbons (Fsp3) is 0. The highest BCUT2D eigenvalue weighted by molar-refractivity contribution is 7.71. The molecule has 1 aromatic rings. The minimum Gasteiger partial charge on any atom is -0.383 e. The molecule has 0 spiro atoms. The van der Waals surface area contributed by atoms with E-state index in [0.717, 1.165) is 0 Å². The number of aromatic nitrogens is 2. The maximum atomic E-state index is 10.9. The van der Waals surface area contributed by atoms with E-state index in [-0.39, 0.29) is 16.2 Å². The van der Waals surface area contributed by atoms with Gasteiger partial charge in [-0.3, -0.25) is 15.2 Å². The van der Waals surface area contributed by atoms with Gasteiger partial charge in [-0.25, -0.2) is 0 Å². The zero-order valence-electron chi connectivity index (χ0n) is 5.47. The van der Waals surface area contributed by atoms with E-state index in [2.05, 4.69) is 22.2 Å². The zero-order chi connectivity index (χ0) is 8.43. The highest BCUT2D eigenvalue weighted by Crippen LogP contribution is 1.82. The smallest absolute Gasteiger partial charge is 0.262 e.